The summed E-state index contributed by atoms with van der Waals surface area (Å²) in [5.41, 5.74) is 2.29. The van der Waals surface area contributed by atoms with Crippen LogP contribution in [-0.2, 0) is 20.1 Å². The van der Waals surface area contributed by atoms with Crippen molar-refractivity contribution < 1.29 is 0 Å². The third kappa shape index (κ3) is 5.58. The average molecular weight is 469 g/mol. The van der Waals surface area contributed by atoms with E-state index in [1.165, 1.54) is 18.4 Å². The van der Waals surface area contributed by atoms with Crippen molar-refractivity contribution in [1.82, 2.24) is 25.4 Å². The van der Waals surface area contributed by atoms with E-state index in [2.05, 4.69) is 38.6 Å². The van der Waals surface area contributed by atoms with Crippen LogP contribution in [0.3, 0.4) is 0 Å². The summed E-state index contributed by atoms with van der Waals surface area (Å²) in [6.07, 6.45) is 6.20. The predicted molar refractivity (Wildman–Crippen MR) is 116 cm³/mol. The van der Waals surface area contributed by atoms with Gasteiger partial charge in [-0.05, 0) is 43.5 Å². The molecule has 0 aromatic carbocycles. The number of pyridine rings is 1. The van der Waals surface area contributed by atoms with Crippen molar-refractivity contribution in [2.45, 2.75) is 32.9 Å². The zero-order valence-corrected chi connectivity index (χ0v) is 17.8. The average Bonchev–Trinajstić information content (AvgIpc) is 3.29. The standard InChI is InChI=1S/C18H27N7.HI/c1-3-19-18(22-14-16-7-9-23-24(16)2)21-13-15-6-8-20-17(12-15)25-10-4-5-11-25;/h6-9,12H,3-5,10-11,13-14H2,1-2H3,(H2,19,21,22);1H. The van der Waals surface area contributed by atoms with Gasteiger partial charge in [0.1, 0.15) is 5.82 Å². The highest BCUT2D eigenvalue weighted by atomic mass is 127. The number of rotatable bonds is 6. The fraction of sp³-hybridized carbons (Fsp3) is 0.500. The number of nitrogens with one attached hydrogen (secondary N) is 2. The highest BCUT2D eigenvalue weighted by molar-refractivity contribution is 14.0. The van der Waals surface area contributed by atoms with Crippen molar-refractivity contribution in [3.05, 3.63) is 41.9 Å². The number of nitrogens with zero attached hydrogens (tertiary/aromatic N) is 5. The first kappa shape index (κ1) is 20.5. The van der Waals surface area contributed by atoms with Gasteiger partial charge in [-0.15, -0.1) is 24.0 Å². The minimum Gasteiger partial charge on any atom is -0.357 e. The molecule has 8 heteroatoms. The van der Waals surface area contributed by atoms with Crippen LogP contribution in [0.4, 0.5) is 5.82 Å². The third-order valence-corrected chi connectivity index (χ3v) is 4.36. The molecular formula is C18H28IN7. The topological polar surface area (TPSA) is 70.4 Å². The summed E-state index contributed by atoms with van der Waals surface area (Å²) in [5, 5.41) is 10.8. The molecule has 0 radical (unpaired) electrons. The van der Waals surface area contributed by atoms with Crippen LogP contribution in [0.5, 0.6) is 0 Å². The van der Waals surface area contributed by atoms with Crippen LogP contribution in [0, 0.1) is 0 Å². The van der Waals surface area contributed by atoms with Gasteiger partial charge in [-0.2, -0.15) is 5.10 Å². The summed E-state index contributed by atoms with van der Waals surface area (Å²) in [4.78, 5) is 11.5. The van der Waals surface area contributed by atoms with E-state index in [0.717, 1.165) is 37.1 Å². The summed E-state index contributed by atoms with van der Waals surface area (Å²) in [5.74, 6) is 1.88. The Labute approximate surface area is 172 Å². The molecule has 1 aliphatic rings. The molecule has 0 amide bonds. The predicted octanol–water partition coefficient (Wildman–Crippen LogP) is 2.29. The maximum Gasteiger partial charge on any atom is 0.191 e. The van der Waals surface area contributed by atoms with Crippen molar-refractivity contribution >= 4 is 35.8 Å². The second-order valence-electron chi connectivity index (χ2n) is 6.21. The van der Waals surface area contributed by atoms with E-state index in [1.54, 1.807) is 6.20 Å². The van der Waals surface area contributed by atoms with E-state index in [0.29, 0.717) is 13.1 Å². The molecular weight excluding hydrogens is 441 g/mol. The zero-order valence-electron chi connectivity index (χ0n) is 15.5. The number of aryl methyl sites for hydroxylation is 1. The lowest BCUT2D eigenvalue weighted by atomic mass is 10.2. The maximum atomic E-state index is 4.70. The minimum absolute atomic E-state index is 0. The molecule has 1 saturated heterocycles. The quantitative estimate of drug-likeness (QED) is 0.386. The molecule has 3 rings (SSSR count). The highest BCUT2D eigenvalue weighted by Crippen LogP contribution is 2.18. The summed E-state index contributed by atoms with van der Waals surface area (Å²) < 4.78 is 1.86. The van der Waals surface area contributed by atoms with Crippen LogP contribution in [0.1, 0.15) is 31.0 Å². The number of hydrogen-bond acceptors (Lipinski definition) is 4. The second kappa shape index (κ2) is 10.3. The van der Waals surface area contributed by atoms with Crippen LogP contribution in [0.15, 0.2) is 35.6 Å². The van der Waals surface area contributed by atoms with Crippen LogP contribution < -0.4 is 15.5 Å². The Morgan fingerprint density at radius 3 is 2.69 bits per heavy atom. The molecule has 142 valence electrons. The Hall–Kier alpha value is -1.84. The van der Waals surface area contributed by atoms with Gasteiger partial charge in [0.25, 0.3) is 0 Å². The van der Waals surface area contributed by atoms with E-state index in [9.17, 15) is 0 Å². The van der Waals surface area contributed by atoms with Crippen LogP contribution >= 0.6 is 24.0 Å². The van der Waals surface area contributed by atoms with Gasteiger partial charge in [-0.3, -0.25) is 4.68 Å². The summed E-state index contributed by atoms with van der Waals surface area (Å²) in [6, 6.07) is 6.19. The summed E-state index contributed by atoms with van der Waals surface area (Å²) >= 11 is 0. The lowest BCUT2D eigenvalue weighted by molar-refractivity contribution is 0.685. The van der Waals surface area contributed by atoms with Crippen molar-refractivity contribution in [3.8, 4) is 0 Å². The largest absolute Gasteiger partial charge is 0.357 e. The van der Waals surface area contributed by atoms with Gasteiger partial charge in [0.2, 0.25) is 0 Å². The Kier molecular flexibility index (Phi) is 8.14. The number of halogens is 1. The molecule has 0 unspecified atom stereocenters. The fourth-order valence-corrected chi connectivity index (χ4v) is 2.94. The van der Waals surface area contributed by atoms with Gasteiger partial charge in [0.15, 0.2) is 5.96 Å². The first-order valence-corrected chi connectivity index (χ1v) is 8.95. The molecule has 0 saturated carbocycles. The van der Waals surface area contributed by atoms with Crippen LogP contribution in [-0.4, -0.2) is 40.4 Å². The lowest BCUT2D eigenvalue weighted by Crippen LogP contribution is -2.37. The number of aliphatic imine (C=N–C) groups is 1. The minimum atomic E-state index is 0. The molecule has 1 fully saturated rings. The first-order chi connectivity index (χ1) is 12.3. The second-order valence-corrected chi connectivity index (χ2v) is 6.21. The summed E-state index contributed by atoms with van der Waals surface area (Å²) in [6.45, 7) is 6.43. The first-order valence-electron chi connectivity index (χ1n) is 8.95. The Morgan fingerprint density at radius 1 is 1.19 bits per heavy atom. The molecule has 1 aliphatic heterocycles. The van der Waals surface area contributed by atoms with Gasteiger partial charge in [-0.25, -0.2) is 9.98 Å². The normalized spacial score (nSPS) is 14.2. The number of aromatic nitrogens is 3. The van der Waals surface area contributed by atoms with Crippen molar-refractivity contribution in [1.29, 1.82) is 0 Å². The van der Waals surface area contributed by atoms with Crippen molar-refractivity contribution in [2.24, 2.45) is 12.0 Å². The van der Waals surface area contributed by atoms with E-state index < -0.39 is 0 Å². The van der Waals surface area contributed by atoms with Crippen molar-refractivity contribution in [3.63, 3.8) is 0 Å². The van der Waals surface area contributed by atoms with E-state index in [1.807, 2.05) is 30.1 Å². The molecule has 2 N–H and O–H groups in total. The zero-order chi connectivity index (χ0) is 17.5. The van der Waals surface area contributed by atoms with Gasteiger partial charge in [0.05, 0.1) is 18.8 Å². The Bertz CT molecular complexity index is 707. The van der Waals surface area contributed by atoms with E-state index in [-0.39, 0.29) is 24.0 Å². The van der Waals surface area contributed by atoms with Gasteiger partial charge >= 0.3 is 0 Å². The molecule has 3 heterocycles. The van der Waals surface area contributed by atoms with Crippen molar-refractivity contribution in [2.75, 3.05) is 24.5 Å². The summed E-state index contributed by atoms with van der Waals surface area (Å²) in [7, 11) is 1.94. The number of hydrogen-bond donors (Lipinski definition) is 2. The molecule has 7 nitrogen and oxygen atoms in total. The van der Waals surface area contributed by atoms with Gasteiger partial charge in [-0.1, -0.05) is 0 Å². The highest BCUT2D eigenvalue weighted by Gasteiger charge is 2.13. The Morgan fingerprint density at radius 2 is 2.00 bits per heavy atom. The SMILES string of the molecule is CCNC(=NCc1ccnc(N2CCCC2)c1)NCc1ccnn1C.I. The van der Waals surface area contributed by atoms with Crippen LogP contribution in [0.2, 0.25) is 0 Å². The number of anilines is 1. The molecule has 0 atom stereocenters. The molecule has 0 aliphatic carbocycles. The number of guanidine groups is 1. The molecule has 2 aromatic rings. The van der Waals surface area contributed by atoms with Crippen LogP contribution in [0.25, 0.3) is 0 Å². The van der Waals surface area contributed by atoms with Gasteiger partial charge < -0.3 is 15.5 Å². The fourth-order valence-electron chi connectivity index (χ4n) is 2.94. The molecule has 0 spiro atoms. The van der Waals surface area contributed by atoms with E-state index >= 15 is 0 Å². The monoisotopic (exact) mass is 469 g/mol. The molecule has 0 bridgehead atoms. The smallest absolute Gasteiger partial charge is 0.191 e. The molecule has 26 heavy (non-hydrogen) atoms. The lowest BCUT2D eigenvalue weighted by Gasteiger charge is -2.16. The Balaban J connectivity index is 0.00000243. The molecule has 2 aromatic heterocycles. The van der Waals surface area contributed by atoms with E-state index in [4.69, 9.17) is 4.99 Å². The maximum absolute atomic E-state index is 4.70. The van der Waals surface area contributed by atoms with Gasteiger partial charge in [0, 0.05) is 39.1 Å². The third-order valence-electron chi connectivity index (χ3n) is 4.36.